The molecule has 0 saturated heterocycles. The van der Waals surface area contributed by atoms with Gasteiger partial charge >= 0.3 is 0 Å². The van der Waals surface area contributed by atoms with Crippen LogP contribution in [0.15, 0.2) is 24.3 Å². The summed E-state index contributed by atoms with van der Waals surface area (Å²) in [6.45, 7) is 3.34. The van der Waals surface area contributed by atoms with Gasteiger partial charge in [-0.05, 0) is 80.6 Å². The van der Waals surface area contributed by atoms with Crippen LogP contribution in [0.5, 0.6) is 0 Å². The Kier molecular flexibility index (Phi) is 4.67. The third kappa shape index (κ3) is 3.06. The topological polar surface area (TPSA) is 15.3 Å². The molecule has 0 aromatic heterocycles. The number of hydrogen-bond acceptors (Lipinski definition) is 2. The zero-order chi connectivity index (χ0) is 13.2. The maximum Gasteiger partial charge on any atom is 0.0328 e. The van der Waals surface area contributed by atoms with E-state index in [4.69, 9.17) is 0 Å². The van der Waals surface area contributed by atoms with E-state index in [-0.39, 0.29) is 0 Å². The molecule has 0 heterocycles. The van der Waals surface area contributed by atoms with E-state index in [0.717, 1.165) is 6.54 Å². The van der Waals surface area contributed by atoms with Crippen LogP contribution in [0.25, 0.3) is 0 Å². The molecule has 1 fully saturated rings. The van der Waals surface area contributed by atoms with Gasteiger partial charge < -0.3 is 10.2 Å². The number of likely N-dealkylation sites (N-methyl/N-ethyl adjacent to an activating group) is 1. The molecular weight excluding hydrogens is 335 g/mol. The van der Waals surface area contributed by atoms with Crippen LogP contribution in [0.1, 0.15) is 37.8 Å². The van der Waals surface area contributed by atoms with Crippen LogP contribution in [0.3, 0.4) is 0 Å². The van der Waals surface area contributed by atoms with Crippen molar-refractivity contribution in [2.24, 2.45) is 0 Å². The Morgan fingerprint density at radius 3 is 2.33 bits per heavy atom. The van der Waals surface area contributed by atoms with Gasteiger partial charge in [-0.3, -0.25) is 0 Å². The molecule has 2 rings (SSSR count). The van der Waals surface area contributed by atoms with Crippen LogP contribution in [-0.2, 0) is 0 Å². The van der Waals surface area contributed by atoms with E-state index in [2.05, 4.69) is 78.1 Å². The highest BCUT2D eigenvalue weighted by Crippen LogP contribution is 2.35. The van der Waals surface area contributed by atoms with Crippen molar-refractivity contribution in [1.82, 2.24) is 10.2 Å². The second-order valence-corrected chi connectivity index (χ2v) is 6.87. The molecule has 3 heteroatoms. The smallest absolute Gasteiger partial charge is 0.0328 e. The average Bonchev–Trinajstić information content (AvgIpc) is 2.27. The molecule has 100 valence electrons. The molecular formula is C15H23IN2. The van der Waals surface area contributed by atoms with E-state index in [1.807, 2.05) is 0 Å². The predicted octanol–water partition coefficient (Wildman–Crippen LogP) is 3.43. The summed E-state index contributed by atoms with van der Waals surface area (Å²) >= 11 is 2.35. The number of benzene rings is 1. The second kappa shape index (κ2) is 5.88. The number of rotatable bonds is 5. The fourth-order valence-electron chi connectivity index (χ4n) is 2.58. The molecule has 1 N–H and O–H groups in total. The lowest BCUT2D eigenvalue weighted by molar-refractivity contribution is 0.0576. The zero-order valence-corrected chi connectivity index (χ0v) is 13.7. The van der Waals surface area contributed by atoms with Gasteiger partial charge in [0.1, 0.15) is 0 Å². The molecule has 2 nitrogen and oxygen atoms in total. The van der Waals surface area contributed by atoms with E-state index in [9.17, 15) is 0 Å². The van der Waals surface area contributed by atoms with Crippen molar-refractivity contribution in [1.29, 1.82) is 0 Å². The van der Waals surface area contributed by atoms with E-state index >= 15 is 0 Å². The third-order valence-electron chi connectivity index (χ3n) is 4.34. The van der Waals surface area contributed by atoms with Crippen molar-refractivity contribution in [3.8, 4) is 0 Å². The average molecular weight is 358 g/mol. The van der Waals surface area contributed by atoms with Crippen molar-refractivity contribution >= 4 is 22.6 Å². The van der Waals surface area contributed by atoms with E-state index in [1.165, 1.54) is 28.4 Å². The van der Waals surface area contributed by atoms with Gasteiger partial charge in [0.2, 0.25) is 0 Å². The molecule has 1 unspecified atom stereocenters. The van der Waals surface area contributed by atoms with Crippen molar-refractivity contribution in [2.75, 3.05) is 20.6 Å². The minimum atomic E-state index is 0.400. The lowest BCUT2D eigenvalue weighted by Crippen LogP contribution is -2.56. The number of nitrogens with zero attached hydrogens (tertiary/aromatic N) is 1. The van der Waals surface area contributed by atoms with Crippen LogP contribution >= 0.6 is 22.6 Å². The molecule has 0 amide bonds. The minimum absolute atomic E-state index is 0.400. The highest BCUT2D eigenvalue weighted by atomic mass is 127. The third-order valence-corrected chi connectivity index (χ3v) is 5.06. The lowest BCUT2D eigenvalue weighted by atomic mass is 9.75. The van der Waals surface area contributed by atoms with Gasteiger partial charge in [0, 0.05) is 21.7 Å². The van der Waals surface area contributed by atoms with Crippen molar-refractivity contribution in [3.05, 3.63) is 33.4 Å². The summed E-state index contributed by atoms with van der Waals surface area (Å²) in [6, 6.07) is 9.24. The summed E-state index contributed by atoms with van der Waals surface area (Å²) < 4.78 is 1.30. The maximum absolute atomic E-state index is 3.70. The van der Waals surface area contributed by atoms with E-state index in [0.29, 0.717) is 11.6 Å². The van der Waals surface area contributed by atoms with Crippen molar-refractivity contribution < 1.29 is 0 Å². The molecule has 1 saturated carbocycles. The summed E-state index contributed by atoms with van der Waals surface area (Å²) in [7, 11) is 4.41. The van der Waals surface area contributed by atoms with Gasteiger partial charge in [0.15, 0.2) is 0 Å². The Bertz CT molecular complexity index is 382. The van der Waals surface area contributed by atoms with Crippen molar-refractivity contribution in [2.45, 2.75) is 37.8 Å². The largest absolute Gasteiger partial charge is 0.308 e. The second-order valence-electron chi connectivity index (χ2n) is 5.63. The van der Waals surface area contributed by atoms with Crippen LogP contribution in [0.2, 0.25) is 0 Å². The van der Waals surface area contributed by atoms with Crippen LogP contribution in [-0.4, -0.2) is 31.1 Å². The number of nitrogens with one attached hydrogen (secondary N) is 1. The molecule has 0 spiro atoms. The first-order chi connectivity index (χ1) is 8.53. The Morgan fingerprint density at radius 1 is 1.28 bits per heavy atom. The van der Waals surface area contributed by atoms with Gasteiger partial charge in [-0.1, -0.05) is 12.1 Å². The van der Waals surface area contributed by atoms with E-state index in [1.54, 1.807) is 0 Å². The molecule has 1 atom stereocenters. The molecule has 1 aliphatic carbocycles. The fraction of sp³-hybridized carbons (Fsp3) is 0.600. The maximum atomic E-state index is 3.70. The summed E-state index contributed by atoms with van der Waals surface area (Å²) in [4.78, 5) is 2.39. The summed E-state index contributed by atoms with van der Waals surface area (Å²) in [6.07, 6.45) is 4.02. The Labute approximate surface area is 124 Å². The Hall–Kier alpha value is -0.130. The van der Waals surface area contributed by atoms with Gasteiger partial charge in [-0.15, -0.1) is 0 Å². The number of hydrogen-bond donors (Lipinski definition) is 1. The zero-order valence-electron chi connectivity index (χ0n) is 11.5. The van der Waals surface area contributed by atoms with Gasteiger partial charge in [0.25, 0.3) is 0 Å². The molecule has 1 aliphatic rings. The summed E-state index contributed by atoms with van der Waals surface area (Å²) in [5.74, 6) is 0. The monoisotopic (exact) mass is 358 g/mol. The summed E-state index contributed by atoms with van der Waals surface area (Å²) in [5, 5.41) is 3.70. The highest BCUT2D eigenvalue weighted by Gasteiger charge is 2.38. The van der Waals surface area contributed by atoms with Gasteiger partial charge in [0.05, 0.1) is 0 Å². The van der Waals surface area contributed by atoms with Crippen LogP contribution in [0.4, 0.5) is 0 Å². The number of halogens is 1. The lowest BCUT2D eigenvalue weighted by Gasteiger charge is -2.48. The molecule has 0 aliphatic heterocycles. The first-order valence-corrected chi connectivity index (χ1v) is 7.78. The molecule has 0 radical (unpaired) electrons. The van der Waals surface area contributed by atoms with E-state index < -0.39 is 0 Å². The Morgan fingerprint density at radius 2 is 1.89 bits per heavy atom. The first-order valence-electron chi connectivity index (χ1n) is 6.70. The Balaban J connectivity index is 1.91. The summed E-state index contributed by atoms with van der Waals surface area (Å²) in [5.41, 5.74) is 1.78. The highest BCUT2D eigenvalue weighted by molar-refractivity contribution is 14.1. The fourth-order valence-corrected chi connectivity index (χ4v) is 2.94. The van der Waals surface area contributed by atoms with Crippen LogP contribution < -0.4 is 5.32 Å². The van der Waals surface area contributed by atoms with Gasteiger partial charge in [-0.2, -0.15) is 0 Å². The minimum Gasteiger partial charge on any atom is -0.308 e. The SMILES string of the molecule is CC(NCC1(N(C)C)CCC1)c1ccc(I)cc1. The first kappa shape index (κ1) is 14.3. The quantitative estimate of drug-likeness (QED) is 0.812. The molecule has 18 heavy (non-hydrogen) atoms. The van der Waals surface area contributed by atoms with Crippen molar-refractivity contribution in [3.63, 3.8) is 0 Å². The van der Waals surface area contributed by atoms with Crippen LogP contribution in [0, 0.1) is 3.57 Å². The normalized spacial score (nSPS) is 19.6. The molecule has 0 bridgehead atoms. The molecule has 1 aromatic rings. The van der Waals surface area contributed by atoms with Gasteiger partial charge in [-0.25, -0.2) is 0 Å². The standard InChI is InChI=1S/C15H23IN2/c1-12(13-5-7-14(16)8-6-13)17-11-15(18(2)3)9-4-10-15/h5-8,12,17H,4,9-11H2,1-3H3. The molecule has 1 aromatic carbocycles. The predicted molar refractivity (Wildman–Crippen MR) is 85.8 cm³/mol.